The summed E-state index contributed by atoms with van der Waals surface area (Å²) in [5.41, 5.74) is 0.766. The zero-order valence-corrected chi connectivity index (χ0v) is 6.03. The number of aliphatic imine (C=N–C) groups is 1. The van der Waals surface area contributed by atoms with Gasteiger partial charge in [0.05, 0.1) is 12.0 Å². The highest BCUT2D eigenvalue weighted by Crippen LogP contribution is 2.11. The molecule has 0 atom stereocenters. The molecule has 0 radical (unpaired) electrons. The van der Waals surface area contributed by atoms with Crippen LogP contribution >= 0.6 is 0 Å². The highest BCUT2D eigenvalue weighted by molar-refractivity contribution is 6.01. The average Bonchev–Trinajstić information content (AvgIpc) is 2.06. The molecule has 0 aromatic rings. The second kappa shape index (κ2) is 2.34. The third kappa shape index (κ3) is 0.981. The van der Waals surface area contributed by atoms with Crippen molar-refractivity contribution >= 4 is 12.1 Å². The van der Waals surface area contributed by atoms with Gasteiger partial charge in [-0.25, -0.2) is 0 Å². The molecule has 2 rings (SSSR count). The summed E-state index contributed by atoms with van der Waals surface area (Å²) >= 11 is 0. The van der Waals surface area contributed by atoms with Crippen molar-refractivity contribution in [3.8, 4) is 0 Å². The standard InChI is InChI=1S/C8H8N2O/c11-8-5-9-6-10-4-2-1-3-7(8)10/h1-3,6H,4-5H2. The van der Waals surface area contributed by atoms with E-state index in [0.717, 1.165) is 12.2 Å². The van der Waals surface area contributed by atoms with Crippen LogP contribution < -0.4 is 0 Å². The maximum atomic E-state index is 11.2. The van der Waals surface area contributed by atoms with Gasteiger partial charge in [0.1, 0.15) is 6.54 Å². The Morgan fingerprint density at radius 1 is 1.55 bits per heavy atom. The number of hydrogen-bond acceptors (Lipinski definition) is 3. The molecule has 0 unspecified atom stereocenters. The van der Waals surface area contributed by atoms with Crippen molar-refractivity contribution in [2.24, 2.45) is 4.99 Å². The Kier molecular flexibility index (Phi) is 1.35. The molecule has 56 valence electrons. The van der Waals surface area contributed by atoms with Gasteiger partial charge in [-0.1, -0.05) is 12.2 Å². The minimum Gasteiger partial charge on any atom is -0.326 e. The molecule has 0 fully saturated rings. The number of nitrogens with zero attached hydrogens (tertiary/aromatic N) is 2. The van der Waals surface area contributed by atoms with E-state index in [0.29, 0.717) is 6.54 Å². The van der Waals surface area contributed by atoms with Crippen LogP contribution in [0, 0.1) is 0 Å². The fraction of sp³-hybridized carbons (Fsp3) is 0.250. The lowest BCUT2D eigenvalue weighted by atomic mass is 10.2. The van der Waals surface area contributed by atoms with E-state index < -0.39 is 0 Å². The molecule has 11 heavy (non-hydrogen) atoms. The molecule has 0 aliphatic carbocycles. The van der Waals surface area contributed by atoms with Gasteiger partial charge in [0, 0.05) is 6.54 Å². The van der Waals surface area contributed by atoms with Crippen molar-refractivity contribution in [1.82, 2.24) is 4.90 Å². The van der Waals surface area contributed by atoms with E-state index in [-0.39, 0.29) is 5.78 Å². The molecule has 2 heterocycles. The lowest BCUT2D eigenvalue weighted by molar-refractivity contribution is -0.115. The first-order chi connectivity index (χ1) is 5.38. The molecule has 0 aromatic heterocycles. The molecule has 0 spiro atoms. The minimum atomic E-state index is 0.108. The molecule has 0 aromatic carbocycles. The van der Waals surface area contributed by atoms with Gasteiger partial charge in [-0.15, -0.1) is 0 Å². The van der Waals surface area contributed by atoms with E-state index in [9.17, 15) is 4.79 Å². The highest BCUT2D eigenvalue weighted by atomic mass is 16.1. The number of hydrogen-bond donors (Lipinski definition) is 0. The molecule has 3 nitrogen and oxygen atoms in total. The van der Waals surface area contributed by atoms with Gasteiger partial charge in [-0.05, 0) is 6.08 Å². The maximum Gasteiger partial charge on any atom is 0.200 e. The predicted molar refractivity (Wildman–Crippen MR) is 42.3 cm³/mol. The van der Waals surface area contributed by atoms with E-state index in [1.54, 1.807) is 6.34 Å². The largest absolute Gasteiger partial charge is 0.326 e. The minimum absolute atomic E-state index is 0.108. The molecule has 0 N–H and O–H groups in total. The smallest absolute Gasteiger partial charge is 0.200 e. The predicted octanol–water partition coefficient (Wildman–Crippen LogP) is 0.353. The first-order valence-corrected chi connectivity index (χ1v) is 3.54. The fourth-order valence-corrected chi connectivity index (χ4v) is 1.19. The first kappa shape index (κ1) is 6.34. The molecule has 0 saturated heterocycles. The fourth-order valence-electron chi connectivity index (χ4n) is 1.19. The van der Waals surface area contributed by atoms with Crippen LogP contribution in [0.2, 0.25) is 0 Å². The van der Waals surface area contributed by atoms with E-state index in [1.807, 2.05) is 23.1 Å². The van der Waals surface area contributed by atoms with Crippen molar-refractivity contribution in [2.45, 2.75) is 0 Å². The lowest BCUT2D eigenvalue weighted by Gasteiger charge is -2.24. The highest BCUT2D eigenvalue weighted by Gasteiger charge is 2.19. The molecule has 2 aliphatic rings. The molecule has 0 amide bonds. The Hall–Kier alpha value is -1.38. The van der Waals surface area contributed by atoms with Crippen LogP contribution in [0.15, 0.2) is 28.9 Å². The average molecular weight is 148 g/mol. The number of carbonyl (C=O) groups is 1. The van der Waals surface area contributed by atoms with Crippen LogP contribution in [0.1, 0.15) is 0 Å². The molecular formula is C8H8N2O. The number of rotatable bonds is 0. The zero-order chi connectivity index (χ0) is 7.68. The number of Topliss-reactive ketones (excluding diaryl/α,β-unsaturated/α-hetero) is 1. The van der Waals surface area contributed by atoms with Gasteiger partial charge < -0.3 is 4.90 Å². The zero-order valence-electron chi connectivity index (χ0n) is 6.03. The Morgan fingerprint density at radius 2 is 2.45 bits per heavy atom. The monoisotopic (exact) mass is 148 g/mol. The molecule has 0 saturated carbocycles. The Labute approximate surface area is 64.7 Å². The Morgan fingerprint density at radius 3 is 3.27 bits per heavy atom. The summed E-state index contributed by atoms with van der Waals surface area (Å²) in [6.45, 7) is 1.07. The van der Waals surface area contributed by atoms with E-state index >= 15 is 0 Å². The van der Waals surface area contributed by atoms with E-state index in [4.69, 9.17) is 0 Å². The Bertz CT molecular complexity index is 276. The third-order valence-electron chi connectivity index (χ3n) is 1.74. The molecule has 0 bridgehead atoms. The van der Waals surface area contributed by atoms with E-state index in [1.165, 1.54) is 0 Å². The normalized spacial score (nSPS) is 21.6. The SMILES string of the molecule is O=C1CN=CN2CC=CC=C12. The topological polar surface area (TPSA) is 32.7 Å². The van der Waals surface area contributed by atoms with Gasteiger partial charge >= 0.3 is 0 Å². The first-order valence-electron chi connectivity index (χ1n) is 3.54. The van der Waals surface area contributed by atoms with Crippen molar-refractivity contribution in [1.29, 1.82) is 0 Å². The summed E-state index contributed by atoms with van der Waals surface area (Å²) < 4.78 is 0. The van der Waals surface area contributed by atoms with E-state index in [2.05, 4.69) is 4.99 Å². The number of allylic oxidation sites excluding steroid dienone is 2. The second-order valence-corrected chi connectivity index (χ2v) is 2.51. The van der Waals surface area contributed by atoms with Gasteiger partial charge in [0.15, 0.2) is 0 Å². The second-order valence-electron chi connectivity index (χ2n) is 2.51. The van der Waals surface area contributed by atoms with Gasteiger partial charge in [0.25, 0.3) is 0 Å². The summed E-state index contributed by atoms with van der Waals surface area (Å²) in [4.78, 5) is 16.9. The maximum absolute atomic E-state index is 11.2. The quantitative estimate of drug-likeness (QED) is 0.496. The van der Waals surface area contributed by atoms with Gasteiger partial charge in [-0.3, -0.25) is 9.79 Å². The summed E-state index contributed by atoms with van der Waals surface area (Å²) in [6.07, 6.45) is 7.45. The van der Waals surface area contributed by atoms with Crippen molar-refractivity contribution in [3.63, 3.8) is 0 Å². The summed E-state index contributed by atoms with van der Waals surface area (Å²) in [5.74, 6) is 0.108. The van der Waals surface area contributed by atoms with Crippen LogP contribution in [0.3, 0.4) is 0 Å². The van der Waals surface area contributed by atoms with Crippen LogP contribution in [-0.4, -0.2) is 30.1 Å². The van der Waals surface area contributed by atoms with Crippen molar-refractivity contribution in [2.75, 3.05) is 13.1 Å². The lowest BCUT2D eigenvalue weighted by Crippen LogP contribution is -2.33. The van der Waals surface area contributed by atoms with Crippen molar-refractivity contribution < 1.29 is 4.79 Å². The van der Waals surface area contributed by atoms with Crippen LogP contribution in [-0.2, 0) is 4.79 Å². The van der Waals surface area contributed by atoms with Crippen molar-refractivity contribution in [3.05, 3.63) is 23.9 Å². The summed E-state index contributed by atoms with van der Waals surface area (Å²) in [6, 6.07) is 0. The van der Waals surface area contributed by atoms with Crippen LogP contribution in [0.25, 0.3) is 0 Å². The number of carbonyl (C=O) groups excluding carboxylic acids is 1. The van der Waals surface area contributed by atoms with Gasteiger partial charge in [0.2, 0.25) is 5.78 Å². The molecule has 2 aliphatic heterocycles. The van der Waals surface area contributed by atoms with Gasteiger partial charge in [-0.2, -0.15) is 0 Å². The summed E-state index contributed by atoms with van der Waals surface area (Å²) in [7, 11) is 0. The number of ketones is 1. The number of fused-ring (bicyclic) bond motifs is 1. The molecule has 3 heteroatoms. The van der Waals surface area contributed by atoms with Crippen LogP contribution in [0.5, 0.6) is 0 Å². The third-order valence-corrected chi connectivity index (χ3v) is 1.74. The summed E-state index contributed by atoms with van der Waals surface area (Å²) in [5, 5.41) is 0. The van der Waals surface area contributed by atoms with Crippen LogP contribution in [0.4, 0.5) is 0 Å². The molecular weight excluding hydrogens is 140 g/mol. The Balaban J connectivity index is 2.38.